The number of nitrogens with one attached hydrogen (secondary N) is 1. The Morgan fingerprint density at radius 2 is 1.63 bits per heavy atom. The molecule has 0 saturated heterocycles. The van der Waals surface area contributed by atoms with Crippen molar-refractivity contribution in [2.24, 2.45) is 0 Å². The van der Waals surface area contributed by atoms with Gasteiger partial charge in [-0.25, -0.2) is 0 Å². The second-order valence-electron chi connectivity index (χ2n) is 7.34. The summed E-state index contributed by atoms with van der Waals surface area (Å²) in [6, 6.07) is 13.5. The maximum absolute atomic E-state index is 12.0. The van der Waals surface area contributed by atoms with E-state index in [-0.39, 0.29) is 17.9 Å². The van der Waals surface area contributed by atoms with E-state index >= 15 is 0 Å². The molecule has 0 fully saturated rings. The third-order valence-corrected chi connectivity index (χ3v) is 4.29. The number of ether oxygens (including phenoxy) is 3. The Kier molecular flexibility index (Phi) is 7.11. The van der Waals surface area contributed by atoms with E-state index in [1.54, 1.807) is 14.2 Å². The molecule has 0 spiro atoms. The molecule has 0 aliphatic carbocycles. The van der Waals surface area contributed by atoms with Crippen molar-refractivity contribution in [2.45, 2.75) is 32.6 Å². The van der Waals surface area contributed by atoms with E-state index in [0.717, 1.165) is 17.1 Å². The van der Waals surface area contributed by atoms with Gasteiger partial charge in [0.1, 0.15) is 17.2 Å². The molecule has 0 aromatic heterocycles. The Labute approximate surface area is 161 Å². The number of carbonyl (C=O) groups excluding carboxylic acids is 1. The van der Waals surface area contributed by atoms with Gasteiger partial charge in [0.2, 0.25) is 0 Å². The largest absolute Gasteiger partial charge is 0.497 e. The summed E-state index contributed by atoms with van der Waals surface area (Å²) in [5.74, 6) is 2.07. The third kappa shape index (κ3) is 6.20. The number of hydrogen-bond acceptors (Lipinski definition) is 4. The zero-order chi connectivity index (χ0) is 19.9. The fourth-order valence-electron chi connectivity index (χ4n) is 2.66. The maximum Gasteiger partial charge on any atom is 0.257 e. The molecule has 5 heteroatoms. The highest BCUT2D eigenvalue weighted by Crippen LogP contribution is 2.25. The number of benzene rings is 2. The summed E-state index contributed by atoms with van der Waals surface area (Å²) in [7, 11) is 3.25. The molecule has 2 aromatic carbocycles. The van der Waals surface area contributed by atoms with Crippen LogP contribution < -0.4 is 19.5 Å². The van der Waals surface area contributed by atoms with Gasteiger partial charge in [-0.3, -0.25) is 4.79 Å². The Morgan fingerprint density at radius 1 is 0.963 bits per heavy atom. The van der Waals surface area contributed by atoms with Crippen LogP contribution >= 0.6 is 0 Å². The molecular formula is C22H29NO4. The minimum absolute atomic E-state index is 0.00981. The maximum atomic E-state index is 12.0. The van der Waals surface area contributed by atoms with E-state index in [4.69, 9.17) is 14.2 Å². The first kappa shape index (κ1) is 20.6. The lowest BCUT2D eigenvalue weighted by atomic mass is 9.87. The lowest BCUT2D eigenvalue weighted by Gasteiger charge is -2.19. The molecule has 0 bridgehead atoms. The Morgan fingerprint density at radius 3 is 2.22 bits per heavy atom. The Bertz CT molecular complexity index is 748. The number of hydrogen-bond donors (Lipinski definition) is 1. The topological polar surface area (TPSA) is 56.8 Å². The van der Waals surface area contributed by atoms with Crippen LogP contribution in [0.25, 0.3) is 0 Å². The van der Waals surface area contributed by atoms with Gasteiger partial charge in [-0.05, 0) is 53.3 Å². The minimum Gasteiger partial charge on any atom is -0.497 e. The summed E-state index contributed by atoms with van der Waals surface area (Å²) in [5.41, 5.74) is 2.30. The number of rotatable bonds is 8. The predicted molar refractivity (Wildman–Crippen MR) is 107 cm³/mol. The fourth-order valence-corrected chi connectivity index (χ4v) is 2.66. The lowest BCUT2D eigenvalue weighted by molar-refractivity contribution is -0.123. The molecule has 0 heterocycles. The van der Waals surface area contributed by atoms with Crippen molar-refractivity contribution in [1.82, 2.24) is 5.32 Å². The van der Waals surface area contributed by atoms with Gasteiger partial charge in [0.25, 0.3) is 5.91 Å². The Hall–Kier alpha value is -2.69. The standard InChI is InChI=1S/C22H29NO4/c1-22(2,3)17-6-8-18(9-7-17)27-15-21(24)23-13-12-16-14-19(25-4)10-11-20(16)26-5/h6-11,14H,12-13,15H2,1-5H3,(H,23,24). The van der Waals surface area contributed by atoms with Crippen molar-refractivity contribution in [1.29, 1.82) is 0 Å². The van der Waals surface area contributed by atoms with E-state index < -0.39 is 0 Å². The summed E-state index contributed by atoms with van der Waals surface area (Å²) >= 11 is 0. The normalized spacial score (nSPS) is 11.0. The van der Waals surface area contributed by atoms with Crippen LogP contribution in [0.3, 0.4) is 0 Å². The zero-order valence-corrected chi connectivity index (χ0v) is 16.8. The van der Waals surface area contributed by atoms with Crippen molar-refractivity contribution < 1.29 is 19.0 Å². The van der Waals surface area contributed by atoms with E-state index in [9.17, 15) is 4.79 Å². The van der Waals surface area contributed by atoms with Crippen LogP contribution in [-0.4, -0.2) is 33.3 Å². The SMILES string of the molecule is COc1ccc(OC)c(CCNC(=O)COc2ccc(C(C)(C)C)cc2)c1. The van der Waals surface area contributed by atoms with Crippen molar-refractivity contribution >= 4 is 5.91 Å². The zero-order valence-electron chi connectivity index (χ0n) is 16.8. The highest BCUT2D eigenvalue weighted by atomic mass is 16.5. The monoisotopic (exact) mass is 371 g/mol. The molecule has 1 amide bonds. The van der Waals surface area contributed by atoms with E-state index in [1.165, 1.54) is 5.56 Å². The first-order valence-corrected chi connectivity index (χ1v) is 9.04. The first-order chi connectivity index (χ1) is 12.8. The van der Waals surface area contributed by atoms with Crippen LogP contribution in [0, 0.1) is 0 Å². The van der Waals surface area contributed by atoms with Gasteiger partial charge in [0.05, 0.1) is 14.2 Å². The quantitative estimate of drug-likeness (QED) is 0.768. The van der Waals surface area contributed by atoms with E-state index in [0.29, 0.717) is 18.7 Å². The highest BCUT2D eigenvalue weighted by molar-refractivity contribution is 5.77. The van der Waals surface area contributed by atoms with Crippen LogP contribution in [0.1, 0.15) is 31.9 Å². The number of methoxy groups -OCH3 is 2. The van der Waals surface area contributed by atoms with Crippen LogP contribution in [0.2, 0.25) is 0 Å². The molecule has 0 unspecified atom stereocenters. The average Bonchev–Trinajstić information content (AvgIpc) is 2.66. The molecule has 2 aromatic rings. The van der Waals surface area contributed by atoms with Gasteiger partial charge < -0.3 is 19.5 Å². The van der Waals surface area contributed by atoms with Gasteiger partial charge in [-0.15, -0.1) is 0 Å². The summed E-state index contributed by atoms with van der Waals surface area (Å²) in [4.78, 5) is 12.0. The molecule has 0 radical (unpaired) electrons. The lowest BCUT2D eigenvalue weighted by Crippen LogP contribution is -2.30. The summed E-state index contributed by atoms with van der Waals surface area (Å²) in [6.45, 7) is 6.97. The van der Waals surface area contributed by atoms with E-state index in [1.807, 2.05) is 42.5 Å². The van der Waals surface area contributed by atoms with Crippen molar-refractivity contribution in [3.63, 3.8) is 0 Å². The number of carbonyl (C=O) groups is 1. The fraction of sp³-hybridized carbons (Fsp3) is 0.409. The van der Waals surface area contributed by atoms with Crippen molar-refractivity contribution in [2.75, 3.05) is 27.4 Å². The molecule has 0 aliphatic heterocycles. The summed E-state index contributed by atoms with van der Waals surface area (Å²) in [5, 5.41) is 2.87. The molecule has 1 N–H and O–H groups in total. The van der Waals surface area contributed by atoms with Crippen LogP contribution in [-0.2, 0) is 16.6 Å². The van der Waals surface area contributed by atoms with Crippen molar-refractivity contribution in [3.8, 4) is 17.2 Å². The third-order valence-electron chi connectivity index (χ3n) is 4.29. The van der Waals surface area contributed by atoms with Gasteiger partial charge in [-0.1, -0.05) is 32.9 Å². The minimum atomic E-state index is -0.156. The molecule has 146 valence electrons. The molecule has 27 heavy (non-hydrogen) atoms. The van der Waals surface area contributed by atoms with E-state index in [2.05, 4.69) is 26.1 Å². The van der Waals surface area contributed by atoms with Gasteiger partial charge in [0, 0.05) is 6.54 Å². The van der Waals surface area contributed by atoms with Gasteiger partial charge in [-0.2, -0.15) is 0 Å². The van der Waals surface area contributed by atoms with Crippen molar-refractivity contribution in [3.05, 3.63) is 53.6 Å². The molecule has 5 nitrogen and oxygen atoms in total. The van der Waals surface area contributed by atoms with Gasteiger partial charge in [0.15, 0.2) is 6.61 Å². The second-order valence-corrected chi connectivity index (χ2v) is 7.34. The van der Waals surface area contributed by atoms with Crippen LogP contribution in [0.15, 0.2) is 42.5 Å². The molecular weight excluding hydrogens is 342 g/mol. The predicted octanol–water partition coefficient (Wildman–Crippen LogP) is 3.74. The summed E-state index contributed by atoms with van der Waals surface area (Å²) < 4.78 is 16.1. The van der Waals surface area contributed by atoms with Crippen LogP contribution in [0.5, 0.6) is 17.2 Å². The second kappa shape index (κ2) is 9.31. The number of amides is 1. The molecule has 0 aliphatic rings. The van der Waals surface area contributed by atoms with Crippen LogP contribution in [0.4, 0.5) is 0 Å². The molecule has 0 atom stereocenters. The van der Waals surface area contributed by atoms with Gasteiger partial charge >= 0.3 is 0 Å². The Balaban J connectivity index is 1.80. The summed E-state index contributed by atoms with van der Waals surface area (Å²) in [6.07, 6.45) is 0.645. The average molecular weight is 371 g/mol. The first-order valence-electron chi connectivity index (χ1n) is 9.04. The molecule has 0 saturated carbocycles. The highest BCUT2D eigenvalue weighted by Gasteiger charge is 2.13. The molecule has 2 rings (SSSR count). The smallest absolute Gasteiger partial charge is 0.257 e.